The molecule has 4 rings (SSSR count). The minimum Gasteiger partial charge on any atom is -0.476 e. The summed E-state index contributed by atoms with van der Waals surface area (Å²) in [4.78, 5) is 30.6. The third kappa shape index (κ3) is 3.99. The number of rotatable bonds is 5. The highest BCUT2D eigenvalue weighted by Crippen LogP contribution is 2.43. The van der Waals surface area contributed by atoms with E-state index >= 15 is 0 Å². The lowest BCUT2D eigenvalue weighted by atomic mass is 10.1. The molecule has 0 bridgehead atoms. The zero-order chi connectivity index (χ0) is 21.1. The third-order valence-corrected chi connectivity index (χ3v) is 5.93. The molecule has 0 unspecified atom stereocenters. The van der Waals surface area contributed by atoms with Crippen LogP contribution in [0.15, 0.2) is 71.6 Å². The van der Waals surface area contributed by atoms with Crippen LogP contribution in [0.2, 0.25) is 0 Å². The number of anilines is 1. The van der Waals surface area contributed by atoms with Crippen molar-refractivity contribution in [1.29, 1.82) is 0 Å². The van der Waals surface area contributed by atoms with E-state index in [0.29, 0.717) is 11.4 Å². The average molecular weight is 421 g/mol. The van der Waals surface area contributed by atoms with Crippen LogP contribution in [-0.2, 0) is 4.79 Å². The molecule has 0 spiro atoms. The number of pyridine rings is 1. The number of thioether (sulfide) groups is 1. The zero-order valence-corrected chi connectivity index (χ0v) is 17.0. The maximum Gasteiger partial charge on any atom is 0.406 e. The van der Waals surface area contributed by atoms with Crippen LogP contribution >= 0.6 is 11.8 Å². The molecule has 2 aromatic carbocycles. The molecule has 8 heteroatoms. The lowest BCUT2D eigenvalue weighted by Crippen LogP contribution is -2.41. The van der Waals surface area contributed by atoms with E-state index in [1.807, 2.05) is 54.6 Å². The van der Waals surface area contributed by atoms with E-state index in [-0.39, 0.29) is 24.3 Å². The molecule has 0 saturated heterocycles. The molecule has 0 radical (unpaired) electrons. The Kier molecular flexibility index (Phi) is 5.67. The molecule has 2 heterocycles. The average Bonchev–Trinajstić information content (AvgIpc) is 2.77. The molecule has 30 heavy (non-hydrogen) atoms. The van der Waals surface area contributed by atoms with Crippen LogP contribution in [0.5, 0.6) is 5.75 Å². The van der Waals surface area contributed by atoms with Gasteiger partial charge in [0, 0.05) is 17.6 Å². The minimum atomic E-state index is -0.605. The van der Waals surface area contributed by atoms with Crippen LogP contribution in [-0.4, -0.2) is 28.2 Å². The van der Waals surface area contributed by atoms with E-state index in [9.17, 15) is 14.9 Å². The molecule has 152 valence electrons. The molecular weight excluding hydrogens is 402 g/mol. The number of benzene rings is 2. The maximum absolute atomic E-state index is 13.3. The van der Waals surface area contributed by atoms with Gasteiger partial charge in [0.05, 0.1) is 11.7 Å². The normalized spacial score (nSPS) is 15.4. The summed E-state index contributed by atoms with van der Waals surface area (Å²) < 4.78 is 5.57. The van der Waals surface area contributed by atoms with Crippen molar-refractivity contribution in [3.63, 3.8) is 0 Å². The van der Waals surface area contributed by atoms with Crippen molar-refractivity contribution in [3.05, 3.63) is 88.1 Å². The molecule has 0 fully saturated rings. The van der Waals surface area contributed by atoms with E-state index < -0.39 is 10.7 Å². The van der Waals surface area contributed by atoms with Gasteiger partial charge in [0.25, 0.3) is 5.91 Å². The van der Waals surface area contributed by atoms with Crippen molar-refractivity contribution in [2.75, 3.05) is 17.3 Å². The highest BCUT2D eigenvalue weighted by molar-refractivity contribution is 7.99. The van der Waals surface area contributed by atoms with Gasteiger partial charge in [-0.15, -0.1) is 11.8 Å². The monoisotopic (exact) mass is 421 g/mol. The fourth-order valence-electron chi connectivity index (χ4n) is 3.40. The van der Waals surface area contributed by atoms with E-state index in [1.165, 1.54) is 6.07 Å². The smallest absolute Gasteiger partial charge is 0.406 e. The molecule has 1 amide bonds. The number of ether oxygens (including phenoxy) is 1. The standard InChI is InChI=1S/C22H19N3O4S/c1-15-11-12-19(22(23-15)25(27)28)29-13-21(26)24-17-9-5-6-10-20(17)30-14-18(24)16-7-3-2-4-8-16/h2-12,18H,13-14H2,1H3/t18-/m1/s1. The predicted molar refractivity (Wildman–Crippen MR) is 115 cm³/mol. The number of hydrogen-bond donors (Lipinski definition) is 0. The molecule has 1 aromatic heterocycles. The second kappa shape index (κ2) is 8.54. The number of hydrogen-bond acceptors (Lipinski definition) is 6. The molecule has 3 aromatic rings. The Bertz CT molecular complexity index is 1090. The van der Waals surface area contributed by atoms with Gasteiger partial charge in [-0.05, 0) is 39.7 Å². The third-order valence-electron chi connectivity index (χ3n) is 4.79. The highest BCUT2D eigenvalue weighted by Gasteiger charge is 2.33. The number of aryl methyl sites for hydroxylation is 1. The summed E-state index contributed by atoms with van der Waals surface area (Å²) >= 11 is 1.70. The first kappa shape index (κ1) is 19.9. The summed E-state index contributed by atoms with van der Waals surface area (Å²) in [6.45, 7) is 1.34. The number of carbonyl (C=O) groups is 1. The van der Waals surface area contributed by atoms with Crippen molar-refractivity contribution < 1.29 is 14.5 Å². The SMILES string of the molecule is Cc1ccc(OCC(=O)N2c3ccccc3SC[C@@H]2c2ccccc2)c([N+](=O)[O-])n1. The van der Waals surface area contributed by atoms with Gasteiger partial charge in [-0.25, -0.2) is 0 Å². The molecule has 1 atom stereocenters. The first-order valence-electron chi connectivity index (χ1n) is 9.38. The van der Waals surface area contributed by atoms with Gasteiger partial charge < -0.3 is 14.9 Å². The summed E-state index contributed by atoms with van der Waals surface area (Å²) in [5.74, 6) is 0.0253. The number of nitro groups is 1. The van der Waals surface area contributed by atoms with Gasteiger partial charge in [-0.3, -0.25) is 9.69 Å². The van der Waals surface area contributed by atoms with Crippen LogP contribution in [0.3, 0.4) is 0 Å². The minimum absolute atomic E-state index is 0.0186. The lowest BCUT2D eigenvalue weighted by Gasteiger charge is -2.37. The Hall–Kier alpha value is -3.39. The molecule has 0 aliphatic carbocycles. The number of carbonyl (C=O) groups excluding carboxylic acids is 1. The molecule has 0 saturated carbocycles. The van der Waals surface area contributed by atoms with Crippen LogP contribution < -0.4 is 9.64 Å². The molecule has 1 aliphatic heterocycles. The number of nitrogens with zero attached hydrogens (tertiary/aromatic N) is 3. The van der Waals surface area contributed by atoms with Crippen molar-refractivity contribution in [1.82, 2.24) is 4.98 Å². The van der Waals surface area contributed by atoms with Crippen molar-refractivity contribution in [3.8, 4) is 5.75 Å². The Labute approximate surface area is 177 Å². The fourth-order valence-corrected chi connectivity index (χ4v) is 4.57. The van der Waals surface area contributed by atoms with Crippen LogP contribution in [0.1, 0.15) is 17.3 Å². The Morgan fingerprint density at radius 3 is 2.67 bits per heavy atom. The Balaban J connectivity index is 1.63. The van der Waals surface area contributed by atoms with Gasteiger partial charge in [0.1, 0.15) is 5.69 Å². The second-order valence-electron chi connectivity index (χ2n) is 6.79. The first-order chi connectivity index (χ1) is 14.5. The van der Waals surface area contributed by atoms with E-state index in [0.717, 1.165) is 16.1 Å². The highest BCUT2D eigenvalue weighted by atomic mass is 32.2. The molecular formula is C22H19N3O4S. The molecule has 1 aliphatic rings. The fraction of sp³-hybridized carbons (Fsp3) is 0.182. The molecule has 0 N–H and O–H groups in total. The second-order valence-corrected chi connectivity index (χ2v) is 7.85. The van der Waals surface area contributed by atoms with Gasteiger partial charge in [0.2, 0.25) is 5.75 Å². The van der Waals surface area contributed by atoms with E-state index in [1.54, 1.807) is 29.7 Å². The quantitative estimate of drug-likeness (QED) is 0.444. The number of para-hydroxylation sites is 1. The lowest BCUT2D eigenvalue weighted by molar-refractivity contribution is -0.390. The topological polar surface area (TPSA) is 85.6 Å². The number of amides is 1. The Morgan fingerprint density at radius 2 is 1.90 bits per heavy atom. The van der Waals surface area contributed by atoms with Gasteiger partial charge >= 0.3 is 5.82 Å². The van der Waals surface area contributed by atoms with E-state index in [2.05, 4.69) is 4.98 Å². The number of fused-ring (bicyclic) bond motifs is 1. The van der Waals surface area contributed by atoms with Crippen molar-refractivity contribution in [2.24, 2.45) is 0 Å². The van der Waals surface area contributed by atoms with Gasteiger partial charge in [-0.2, -0.15) is 0 Å². The largest absolute Gasteiger partial charge is 0.476 e. The van der Waals surface area contributed by atoms with Crippen LogP contribution in [0.4, 0.5) is 11.5 Å². The van der Waals surface area contributed by atoms with Crippen LogP contribution in [0.25, 0.3) is 0 Å². The zero-order valence-electron chi connectivity index (χ0n) is 16.2. The summed E-state index contributed by atoms with van der Waals surface area (Å²) in [5, 5.41) is 11.3. The Morgan fingerprint density at radius 1 is 1.17 bits per heavy atom. The first-order valence-corrected chi connectivity index (χ1v) is 10.4. The van der Waals surface area contributed by atoms with Crippen molar-refractivity contribution in [2.45, 2.75) is 17.9 Å². The predicted octanol–water partition coefficient (Wildman–Crippen LogP) is 4.56. The van der Waals surface area contributed by atoms with Gasteiger partial charge in [0.15, 0.2) is 6.61 Å². The number of aromatic nitrogens is 1. The summed E-state index contributed by atoms with van der Waals surface area (Å²) in [5.41, 5.74) is 2.34. The summed E-state index contributed by atoms with van der Waals surface area (Å²) in [6.07, 6.45) is 0. The van der Waals surface area contributed by atoms with Gasteiger partial charge in [-0.1, -0.05) is 42.5 Å². The maximum atomic E-state index is 13.3. The van der Waals surface area contributed by atoms with Crippen molar-refractivity contribution >= 4 is 29.2 Å². The van der Waals surface area contributed by atoms with Crippen LogP contribution in [0, 0.1) is 17.0 Å². The summed E-state index contributed by atoms with van der Waals surface area (Å²) in [7, 11) is 0. The molecule has 7 nitrogen and oxygen atoms in total. The van der Waals surface area contributed by atoms with E-state index in [4.69, 9.17) is 4.74 Å². The summed E-state index contributed by atoms with van der Waals surface area (Å²) in [6, 6.07) is 20.5.